The Morgan fingerprint density at radius 3 is 2.55 bits per heavy atom. The second-order valence-electron chi connectivity index (χ2n) is 8.43. The van der Waals surface area contributed by atoms with Gasteiger partial charge < -0.3 is 10.1 Å². The standard InChI is InChI=1S/C20H31N5O3S3/c1-15-18(23-16(2)30-15)17-12-29-19(24-17)21-13-20(6-4-3-5-7-20)14-22-31(26,27)25-8-10-28-11-9-25/h12,22H,3-11,13-14H2,1-2H3,(H,21,24). The minimum Gasteiger partial charge on any atom is -0.379 e. The molecule has 0 unspecified atom stereocenters. The molecule has 0 atom stereocenters. The Morgan fingerprint density at radius 2 is 1.87 bits per heavy atom. The van der Waals surface area contributed by atoms with E-state index in [4.69, 9.17) is 9.72 Å². The lowest BCUT2D eigenvalue weighted by Crippen LogP contribution is -2.50. The molecule has 2 fully saturated rings. The topological polar surface area (TPSA) is 96.5 Å². The normalized spacial score (nSPS) is 20.1. The highest BCUT2D eigenvalue weighted by Gasteiger charge is 2.35. The lowest BCUT2D eigenvalue weighted by Gasteiger charge is -2.38. The van der Waals surface area contributed by atoms with E-state index >= 15 is 0 Å². The monoisotopic (exact) mass is 485 g/mol. The molecule has 0 spiro atoms. The van der Waals surface area contributed by atoms with Gasteiger partial charge in [-0.15, -0.1) is 22.7 Å². The Morgan fingerprint density at radius 1 is 1.13 bits per heavy atom. The zero-order valence-corrected chi connectivity index (χ0v) is 20.6. The Bertz CT molecular complexity index is 976. The second-order valence-corrected chi connectivity index (χ2v) is 12.4. The predicted molar refractivity (Wildman–Crippen MR) is 126 cm³/mol. The summed E-state index contributed by atoms with van der Waals surface area (Å²) in [5, 5.41) is 7.45. The van der Waals surface area contributed by atoms with E-state index in [1.807, 2.05) is 12.3 Å². The highest BCUT2D eigenvalue weighted by molar-refractivity contribution is 7.87. The van der Waals surface area contributed by atoms with E-state index < -0.39 is 10.2 Å². The average Bonchev–Trinajstić information content (AvgIpc) is 3.38. The van der Waals surface area contributed by atoms with Gasteiger partial charge in [-0.05, 0) is 26.7 Å². The number of morpholine rings is 1. The maximum atomic E-state index is 12.8. The molecule has 1 saturated heterocycles. The van der Waals surface area contributed by atoms with Crippen LogP contribution in [0.4, 0.5) is 5.13 Å². The van der Waals surface area contributed by atoms with E-state index in [0.29, 0.717) is 39.4 Å². The molecule has 8 nitrogen and oxygen atoms in total. The van der Waals surface area contributed by atoms with Crippen LogP contribution in [0.1, 0.15) is 42.0 Å². The molecule has 2 N–H and O–H groups in total. The molecule has 2 aromatic heterocycles. The SMILES string of the molecule is Cc1nc(-c2csc(NCC3(CNS(=O)(=O)N4CCOCC4)CCCCC3)n2)c(C)s1. The quantitative estimate of drug-likeness (QED) is 0.595. The number of anilines is 1. The van der Waals surface area contributed by atoms with Crippen LogP contribution in [-0.2, 0) is 14.9 Å². The van der Waals surface area contributed by atoms with E-state index in [1.165, 1.54) is 15.6 Å². The lowest BCUT2D eigenvalue weighted by atomic mass is 9.74. The molecule has 11 heteroatoms. The predicted octanol–water partition coefficient (Wildman–Crippen LogP) is 3.41. The molecule has 1 saturated carbocycles. The molecule has 1 aliphatic carbocycles. The van der Waals surface area contributed by atoms with E-state index in [2.05, 4.69) is 21.9 Å². The van der Waals surface area contributed by atoms with Crippen molar-refractivity contribution in [3.63, 3.8) is 0 Å². The Balaban J connectivity index is 1.41. The average molecular weight is 486 g/mol. The first-order valence-corrected chi connectivity index (χ1v) is 14.0. The highest BCUT2D eigenvalue weighted by atomic mass is 32.2. The van der Waals surface area contributed by atoms with Crippen LogP contribution in [0.3, 0.4) is 0 Å². The number of thiazole rings is 2. The molecule has 2 aliphatic rings. The van der Waals surface area contributed by atoms with Gasteiger partial charge >= 0.3 is 0 Å². The molecule has 0 amide bonds. The molecule has 4 rings (SSSR count). The molecule has 0 bridgehead atoms. The third-order valence-corrected chi connectivity index (χ3v) is 9.36. The summed E-state index contributed by atoms with van der Waals surface area (Å²) in [6.45, 7) is 6.98. The number of ether oxygens (including phenoxy) is 1. The summed E-state index contributed by atoms with van der Waals surface area (Å²) >= 11 is 3.26. The van der Waals surface area contributed by atoms with Crippen LogP contribution in [0, 0.1) is 19.3 Å². The first kappa shape index (κ1) is 23.1. The third-order valence-electron chi connectivity index (χ3n) is 6.12. The Hall–Kier alpha value is -1.11. The first-order chi connectivity index (χ1) is 14.9. The van der Waals surface area contributed by atoms with Gasteiger partial charge in [0.15, 0.2) is 5.13 Å². The van der Waals surface area contributed by atoms with E-state index in [0.717, 1.165) is 47.2 Å². The molecular weight excluding hydrogens is 454 g/mol. The van der Waals surface area contributed by atoms with Crippen molar-refractivity contribution in [2.45, 2.75) is 46.0 Å². The zero-order chi connectivity index (χ0) is 21.9. The number of aromatic nitrogens is 2. The molecule has 1 aliphatic heterocycles. The number of aryl methyl sites for hydroxylation is 2. The summed E-state index contributed by atoms with van der Waals surface area (Å²) in [5.74, 6) is 0. The number of nitrogens with zero attached hydrogens (tertiary/aromatic N) is 3. The summed E-state index contributed by atoms with van der Waals surface area (Å²) in [5.41, 5.74) is 1.76. The lowest BCUT2D eigenvalue weighted by molar-refractivity contribution is 0.0721. The second kappa shape index (κ2) is 9.80. The van der Waals surface area contributed by atoms with E-state index in [1.54, 1.807) is 22.7 Å². The maximum Gasteiger partial charge on any atom is 0.279 e. The van der Waals surface area contributed by atoms with Gasteiger partial charge in [0.05, 0.1) is 18.2 Å². The largest absolute Gasteiger partial charge is 0.379 e. The molecule has 31 heavy (non-hydrogen) atoms. The number of rotatable bonds is 8. The van der Waals surface area contributed by atoms with Crippen molar-refractivity contribution in [1.82, 2.24) is 19.0 Å². The molecule has 2 aromatic rings. The van der Waals surface area contributed by atoms with Gasteiger partial charge in [0, 0.05) is 41.9 Å². The van der Waals surface area contributed by atoms with E-state index in [9.17, 15) is 8.42 Å². The number of hydrogen-bond acceptors (Lipinski definition) is 8. The first-order valence-electron chi connectivity index (χ1n) is 10.8. The van der Waals surface area contributed by atoms with Crippen molar-refractivity contribution in [3.05, 3.63) is 15.3 Å². The van der Waals surface area contributed by atoms with Crippen molar-refractivity contribution >= 4 is 38.0 Å². The summed E-state index contributed by atoms with van der Waals surface area (Å²) in [4.78, 5) is 10.5. The van der Waals surface area contributed by atoms with Gasteiger partial charge in [0.1, 0.15) is 11.4 Å². The van der Waals surface area contributed by atoms with Crippen LogP contribution in [0.25, 0.3) is 11.4 Å². The van der Waals surface area contributed by atoms with Crippen LogP contribution >= 0.6 is 22.7 Å². The molecule has 3 heterocycles. The molecular formula is C20H31N5O3S3. The number of nitrogens with one attached hydrogen (secondary N) is 2. The fourth-order valence-corrected chi connectivity index (χ4v) is 7.16. The fraction of sp³-hybridized carbons (Fsp3) is 0.700. The van der Waals surface area contributed by atoms with E-state index in [-0.39, 0.29) is 5.41 Å². The smallest absolute Gasteiger partial charge is 0.279 e. The Labute approximate surface area is 192 Å². The van der Waals surface area contributed by atoms with Gasteiger partial charge in [0.2, 0.25) is 0 Å². The van der Waals surface area contributed by atoms with Gasteiger partial charge in [0.25, 0.3) is 10.2 Å². The fourth-order valence-electron chi connectivity index (χ4n) is 4.33. The van der Waals surface area contributed by atoms with Crippen molar-refractivity contribution in [2.24, 2.45) is 5.41 Å². The minimum atomic E-state index is -3.48. The van der Waals surface area contributed by atoms with Crippen LogP contribution in [-0.4, -0.2) is 62.1 Å². The molecule has 172 valence electrons. The number of hydrogen-bond donors (Lipinski definition) is 2. The zero-order valence-electron chi connectivity index (χ0n) is 18.1. The third kappa shape index (κ3) is 5.63. The summed E-state index contributed by atoms with van der Waals surface area (Å²) in [6, 6.07) is 0. The van der Waals surface area contributed by atoms with Gasteiger partial charge in [-0.2, -0.15) is 12.7 Å². The minimum absolute atomic E-state index is 0.101. The van der Waals surface area contributed by atoms with Crippen molar-refractivity contribution in [1.29, 1.82) is 0 Å². The van der Waals surface area contributed by atoms with Crippen LogP contribution in [0.15, 0.2) is 5.38 Å². The molecule has 0 aromatic carbocycles. The maximum absolute atomic E-state index is 12.8. The van der Waals surface area contributed by atoms with Crippen molar-refractivity contribution in [3.8, 4) is 11.4 Å². The van der Waals surface area contributed by atoms with Crippen molar-refractivity contribution < 1.29 is 13.2 Å². The van der Waals surface area contributed by atoms with Gasteiger partial charge in [-0.3, -0.25) is 0 Å². The van der Waals surface area contributed by atoms with Gasteiger partial charge in [-0.1, -0.05) is 19.3 Å². The van der Waals surface area contributed by atoms with Crippen LogP contribution in [0.5, 0.6) is 0 Å². The molecule has 0 radical (unpaired) electrons. The van der Waals surface area contributed by atoms with Crippen LogP contribution in [0.2, 0.25) is 0 Å². The Kier molecular flexibility index (Phi) is 7.29. The van der Waals surface area contributed by atoms with Crippen LogP contribution < -0.4 is 10.0 Å². The van der Waals surface area contributed by atoms with Crippen molar-refractivity contribution in [2.75, 3.05) is 44.7 Å². The van der Waals surface area contributed by atoms with Gasteiger partial charge in [-0.25, -0.2) is 14.7 Å². The highest BCUT2D eigenvalue weighted by Crippen LogP contribution is 2.37. The summed E-state index contributed by atoms with van der Waals surface area (Å²) < 4.78 is 35.2. The summed E-state index contributed by atoms with van der Waals surface area (Å²) in [6.07, 6.45) is 5.48. The summed E-state index contributed by atoms with van der Waals surface area (Å²) in [7, 11) is -3.48.